The average Bonchev–Trinajstić information content (AvgIpc) is 2.36. The van der Waals surface area contributed by atoms with Gasteiger partial charge in [0.05, 0.1) is 0 Å². The molecule has 2 aromatic rings. The minimum atomic E-state index is -4.42. The molecule has 0 unspecified atom stereocenters. The minimum Gasteiger partial charge on any atom is -0.316 e. The van der Waals surface area contributed by atoms with Gasteiger partial charge in [0.15, 0.2) is 0 Å². The van der Waals surface area contributed by atoms with Crippen molar-refractivity contribution in [2.24, 2.45) is 11.7 Å². The van der Waals surface area contributed by atoms with Gasteiger partial charge in [-0.2, -0.15) is 13.2 Å². The molecule has 1 nitrogen and oxygen atoms in total. The SMILES string of the molecule is CC(C)Cc1cc([C@H](N)C(F)(F)F)cc2ccccc12. The molecule has 2 rings (SSSR count). The van der Waals surface area contributed by atoms with Crippen LogP contribution in [0, 0.1) is 5.92 Å². The van der Waals surface area contributed by atoms with E-state index in [1.54, 1.807) is 6.07 Å². The minimum absolute atomic E-state index is 0.131. The number of rotatable bonds is 3. The number of hydrogen-bond donors (Lipinski definition) is 1. The van der Waals surface area contributed by atoms with E-state index in [-0.39, 0.29) is 5.56 Å². The molecular formula is C16H18F3N. The number of halogens is 3. The Kier molecular flexibility index (Phi) is 4.04. The van der Waals surface area contributed by atoms with Crippen LogP contribution in [0.2, 0.25) is 0 Å². The van der Waals surface area contributed by atoms with Crippen molar-refractivity contribution in [3.8, 4) is 0 Å². The van der Waals surface area contributed by atoms with Gasteiger partial charge in [0.1, 0.15) is 6.04 Å². The Balaban J connectivity index is 2.58. The number of fused-ring (bicyclic) bond motifs is 1. The van der Waals surface area contributed by atoms with Gasteiger partial charge in [-0.05, 0) is 40.3 Å². The summed E-state index contributed by atoms with van der Waals surface area (Å²) < 4.78 is 38.4. The van der Waals surface area contributed by atoms with Crippen LogP contribution in [0.1, 0.15) is 31.0 Å². The van der Waals surface area contributed by atoms with Crippen molar-refractivity contribution in [1.29, 1.82) is 0 Å². The molecule has 2 aromatic carbocycles. The van der Waals surface area contributed by atoms with Gasteiger partial charge in [0.25, 0.3) is 0 Å². The van der Waals surface area contributed by atoms with Gasteiger partial charge in [-0.3, -0.25) is 0 Å². The van der Waals surface area contributed by atoms with Crippen LogP contribution < -0.4 is 5.73 Å². The van der Waals surface area contributed by atoms with E-state index in [9.17, 15) is 13.2 Å². The molecule has 0 aliphatic carbocycles. The molecule has 0 heterocycles. The molecule has 108 valence electrons. The van der Waals surface area contributed by atoms with Gasteiger partial charge in [-0.25, -0.2) is 0 Å². The maximum absolute atomic E-state index is 12.8. The Morgan fingerprint density at radius 3 is 2.35 bits per heavy atom. The fourth-order valence-electron chi connectivity index (χ4n) is 2.39. The first kappa shape index (κ1) is 14.9. The first-order valence-electron chi connectivity index (χ1n) is 6.63. The van der Waals surface area contributed by atoms with E-state index in [0.717, 1.165) is 22.8 Å². The third-order valence-corrected chi connectivity index (χ3v) is 3.31. The zero-order chi connectivity index (χ0) is 14.9. The van der Waals surface area contributed by atoms with Crippen molar-refractivity contribution in [2.75, 3.05) is 0 Å². The van der Waals surface area contributed by atoms with E-state index in [4.69, 9.17) is 5.73 Å². The van der Waals surface area contributed by atoms with Gasteiger partial charge < -0.3 is 5.73 Å². The largest absolute Gasteiger partial charge is 0.407 e. The van der Waals surface area contributed by atoms with Crippen molar-refractivity contribution in [1.82, 2.24) is 0 Å². The van der Waals surface area contributed by atoms with Crippen molar-refractivity contribution < 1.29 is 13.2 Å². The number of hydrogen-bond acceptors (Lipinski definition) is 1. The maximum Gasteiger partial charge on any atom is 0.407 e. The normalized spacial score (nSPS) is 13.9. The molecule has 0 radical (unpaired) electrons. The molecule has 1 atom stereocenters. The Bertz CT molecular complexity index is 602. The highest BCUT2D eigenvalue weighted by atomic mass is 19.4. The predicted octanol–water partition coefficient (Wildman–Crippen LogP) is 4.60. The van der Waals surface area contributed by atoms with Crippen molar-refractivity contribution in [3.63, 3.8) is 0 Å². The molecule has 0 bridgehead atoms. The fourth-order valence-corrected chi connectivity index (χ4v) is 2.39. The van der Waals surface area contributed by atoms with E-state index < -0.39 is 12.2 Å². The summed E-state index contributed by atoms with van der Waals surface area (Å²) in [6.07, 6.45) is -3.68. The third kappa shape index (κ3) is 3.12. The molecule has 0 spiro atoms. The summed E-state index contributed by atoms with van der Waals surface area (Å²) in [5, 5.41) is 1.81. The molecule has 0 saturated heterocycles. The standard InChI is InChI=1S/C16H18F3N/c1-10(2)7-12-9-13(15(20)16(17,18)19)8-11-5-3-4-6-14(11)12/h3-6,8-10,15H,7,20H2,1-2H3/t15-/m0/s1. The second-order valence-electron chi connectivity index (χ2n) is 5.52. The molecule has 2 N–H and O–H groups in total. The van der Waals surface area contributed by atoms with Crippen molar-refractivity contribution in [2.45, 2.75) is 32.5 Å². The number of benzene rings is 2. The van der Waals surface area contributed by atoms with E-state index in [1.807, 2.05) is 38.1 Å². The summed E-state index contributed by atoms with van der Waals surface area (Å²) in [6.45, 7) is 4.09. The predicted molar refractivity (Wildman–Crippen MR) is 75.5 cm³/mol. The zero-order valence-corrected chi connectivity index (χ0v) is 11.5. The van der Waals surface area contributed by atoms with Crippen LogP contribution in [0.3, 0.4) is 0 Å². The van der Waals surface area contributed by atoms with Gasteiger partial charge in [-0.1, -0.05) is 44.2 Å². The quantitative estimate of drug-likeness (QED) is 0.874. The molecule has 0 aromatic heterocycles. The second-order valence-corrected chi connectivity index (χ2v) is 5.52. The van der Waals surface area contributed by atoms with Gasteiger partial charge in [0.2, 0.25) is 0 Å². The summed E-state index contributed by atoms with van der Waals surface area (Å²) in [6, 6.07) is 8.69. The molecule has 20 heavy (non-hydrogen) atoms. The van der Waals surface area contributed by atoms with Crippen LogP contribution in [0.25, 0.3) is 10.8 Å². The van der Waals surface area contributed by atoms with Crippen LogP contribution in [0.5, 0.6) is 0 Å². The monoisotopic (exact) mass is 281 g/mol. The van der Waals surface area contributed by atoms with E-state index in [2.05, 4.69) is 0 Å². The molecule has 4 heteroatoms. The Morgan fingerprint density at radius 1 is 1.10 bits per heavy atom. The Labute approximate surface area is 116 Å². The fraction of sp³-hybridized carbons (Fsp3) is 0.375. The van der Waals surface area contributed by atoms with Gasteiger partial charge >= 0.3 is 6.18 Å². The molecule has 0 aliphatic rings. The van der Waals surface area contributed by atoms with Gasteiger partial charge in [0, 0.05) is 0 Å². The van der Waals surface area contributed by atoms with Crippen LogP contribution in [0.4, 0.5) is 13.2 Å². The third-order valence-electron chi connectivity index (χ3n) is 3.31. The van der Waals surface area contributed by atoms with E-state index in [1.165, 1.54) is 6.07 Å². The van der Waals surface area contributed by atoms with Crippen molar-refractivity contribution in [3.05, 3.63) is 47.5 Å². The van der Waals surface area contributed by atoms with Crippen LogP contribution >= 0.6 is 0 Å². The van der Waals surface area contributed by atoms with E-state index in [0.29, 0.717) is 5.92 Å². The lowest BCUT2D eigenvalue weighted by molar-refractivity contribution is -0.149. The molecular weight excluding hydrogens is 263 g/mol. The van der Waals surface area contributed by atoms with E-state index >= 15 is 0 Å². The average molecular weight is 281 g/mol. The maximum atomic E-state index is 12.8. The summed E-state index contributed by atoms with van der Waals surface area (Å²) in [5.74, 6) is 0.371. The second kappa shape index (κ2) is 5.44. The topological polar surface area (TPSA) is 26.0 Å². The lowest BCUT2D eigenvalue weighted by Gasteiger charge is -2.19. The Morgan fingerprint density at radius 2 is 1.75 bits per heavy atom. The highest BCUT2D eigenvalue weighted by Crippen LogP contribution is 2.33. The number of alkyl halides is 3. The summed E-state index contributed by atoms with van der Waals surface area (Å²) in [5.41, 5.74) is 6.39. The lowest BCUT2D eigenvalue weighted by atomic mass is 9.92. The highest BCUT2D eigenvalue weighted by Gasteiger charge is 2.38. The van der Waals surface area contributed by atoms with Crippen LogP contribution in [0.15, 0.2) is 36.4 Å². The first-order chi connectivity index (χ1) is 9.29. The van der Waals surface area contributed by atoms with Gasteiger partial charge in [-0.15, -0.1) is 0 Å². The smallest absolute Gasteiger partial charge is 0.316 e. The lowest BCUT2D eigenvalue weighted by Crippen LogP contribution is -2.28. The zero-order valence-electron chi connectivity index (χ0n) is 11.5. The number of nitrogens with two attached hydrogens (primary N) is 1. The molecule has 0 amide bonds. The highest BCUT2D eigenvalue weighted by molar-refractivity contribution is 5.86. The first-order valence-corrected chi connectivity index (χ1v) is 6.63. The molecule has 0 aliphatic heterocycles. The summed E-state index contributed by atoms with van der Waals surface area (Å²) >= 11 is 0. The Hall–Kier alpha value is -1.55. The summed E-state index contributed by atoms with van der Waals surface area (Å²) in [4.78, 5) is 0. The molecule has 0 fully saturated rings. The van der Waals surface area contributed by atoms with Crippen molar-refractivity contribution >= 4 is 10.8 Å². The van der Waals surface area contributed by atoms with Crippen LogP contribution in [-0.4, -0.2) is 6.18 Å². The van der Waals surface area contributed by atoms with Crippen LogP contribution in [-0.2, 0) is 6.42 Å². The summed E-state index contributed by atoms with van der Waals surface area (Å²) in [7, 11) is 0. The molecule has 0 saturated carbocycles.